The second kappa shape index (κ2) is 8.34. The number of ether oxygens (including phenoxy) is 1. The molecule has 0 unspecified atom stereocenters. The molecule has 3 rings (SSSR count). The van der Waals surface area contributed by atoms with Crippen LogP contribution in [0.25, 0.3) is 11.3 Å². The minimum absolute atomic E-state index is 0.0534. The summed E-state index contributed by atoms with van der Waals surface area (Å²) < 4.78 is 37.2. The van der Waals surface area contributed by atoms with E-state index in [-0.39, 0.29) is 17.3 Å². The average molecular weight is 386 g/mol. The highest BCUT2D eigenvalue weighted by atomic mass is 19.1. The minimum Gasteiger partial charge on any atom is -0.478 e. The van der Waals surface area contributed by atoms with Gasteiger partial charge in [-0.05, 0) is 55.5 Å². The second-order valence-corrected chi connectivity index (χ2v) is 5.80. The lowest BCUT2D eigenvalue weighted by molar-refractivity contribution is -0.128. The highest BCUT2D eigenvalue weighted by Gasteiger charge is 2.18. The lowest BCUT2D eigenvalue weighted by atomic mass is 10.2. The van der Waals surface area contributed by atoms with Gasteiger partial charge < -0.3 is 9.15 Å². The van der Waals surface area contributed by atoms with E-state index in [2.05, 4.69) is 10.9 Å². The van der Waals surface area contributed by atoms with E-state index in [0.717, 1.165) is 0 Å². The Morgan fingerprint density at radius 3 is 2.39 bits per heavy atom. The van der Waals surface area contributed by atoms with Gasteiger partial charge in [0.05, 0.1) is 0 Å². The van der Waals surface area contributed by atoms with E-state index in [1.54, 1.807) is 12.1 Å². The van der Waals surface area contributed by atoms with Crippen molar-refractivity contribution >= 4 is 11.8 Å². The Bertz CT molecular complexity index is 986. The first-order chi connectivity index (χ1) is 13.4. The van der Waals surface area contributed by atoms with Gasteiger partial charge in [-0.2, -0.15) is 0 Å². The van der Waals surface area contributed by atoms with Gasteiger partial charge in [0.1, 0.15) is 11.6 Å². The summed E-state index contributed by atoms with van der Waals surface area (Å²) in [6.07, 6.45) is -1.05. The summed E-state index contributed by atoms with van der Waals surface area (Å²) in [4.78, 5) is 24.1. The first-order valence-corrected chi connectivity index (χ1v) is 8.31. The Balaban J connectivity index is 1.55. The van der Waals surface area contributed by atoms with Crippen molar-refractivity contribution in [3.05, 3.63) is 78.1 Å². The summed E-state index contributed by atoms with van der Waals surface area (Å²) in [7, 11) is 0. The molecule has 0 aliphatic carbocycles. The van der Waals surface area contributed by atoms with Gasteiger partial charge >= 0.3 is 5.91 Å². The maximum atomic E-state index is 13.6. The molecule has 0 radical (unpaired) electrons. The van der Waals surface area contributed by atoms with E-state index < -0.39 is 23.7 Å². The van der Waals surface area contributed by atoms with E-state index >= 15 is 0 Å². The third kappa shape index (κ3) is 4.53. The molecule has 0 saturated heterocycles. The Morgan fingerprint density at radius 1 is 0.964 bits per heavy atom. The van der Waals surface area contributed by atoms with Crippen molar-refractivity contribution in [1.29, 1.82) is 0 Å². The number of rotatable bonds is 5. The van der Waals surface area contributed by atoms with Crippen molar-refractivity contribution in [3.8, 4) is 17.1 Å². The van der Waals surface area contributed by atoms with Crippen LogP contribution in [0.1, 0.15) is 17.5 Å². The molecule has 2 amide bonds. The fourth-order valence-electron chi connectivity index (χ4n) is 2.30. The Hall–Kier alpha value is -3.68. The number of nitrogens with one attached hydrogen (secondary N) is 2. The van der Waals surface area contributed by atoms with Crippen molar-refractivity contribution in [3.63, 3.8) is 0 Å². The predicted molar refractivity (Wildman–Crippen MR) is 96.2 cm³/mol. The third-order valence-electron chi connectivity index (χ3n) is 3.77. The summed E-state index contributed by atoms with van der Waals surface area (Å²) in [6, 6.07) is 14.2. The van der Waals surface area contributed by atoms with Crippen LogP contribution in [0.15, 0.2) is 65.1 Å². The highest BCUT2D eigenvalue weighted by molar-refractivity contribution is 5.94. The Kier molecular flexibility index (Phi) is 5.69. The molecule has 3 aromatic rings. The molecule has 1 aromatic heterocycles. The summed E-state index contributed by atoms with van der Waals surface area (Å²) >= 11 is 0. The normalized spacial score (nSPS) is 11.5. The molecular weight excluding hydrogens is 370 g/mol. The zero-order chi connectivity index (χ0) is 20.1. The number of carbonyl (C=O) groups excluding carboxylic acids is 2. The molecule has 1 atom stereocenters. The molecule has 6 nitrogen and oxygen atoms in total. The van der Waals surface area contributed by atoms with Crippen LogP contribution in [0.5, 0.6) is 5.75 Å². The maximum Gasteiger partial charge on any atom is 0.305 e. The highest BCUT2D eigenvalue weighted by Crippen LogP contribution is 2.22. The van der Waals surface area contributed by atoms with Crippen LogP contribution in [-0.4, -0.2) is 17.9 Å². The summed E-state index contributed by atoms with van der Waals surface area (Å²) in [5.74, 6) is -2.12. The zero-order valence-corrected chi connectivity index (χ0v) is 14.7. The fraction of sp³-hybridized carbons (Fsp3) is 0.100. The van der Waals surface area contributed by atoms with Gasteiger partial charge in [0, 0.05) is 5.56 Å². The number of benzene rings is 2. The van der Waals surface area contributed by atoms with E-state index in [1.807, 2.05) is 0 Å². The fourth-order valence-corrected chi connectivity index (χ4v) is 2.30. The minimum atomic E-state index is -1.05. The maximum absolute atomic E-state index is 13.6. The van der Waals surface area contributed by atoms with Crippen molar-refractivity contribution in [2.75, 3.05) is 0 Å². The van der Waals surface area contributed by atoms with E-state index in [9.17, 15) is 18.4 Å². The van der Waals surface area contributed by atoms with Gasteiger partial charge in [-0.1, -0.05) is 12.1 Å². The van der Waals surface area contributed by atoms with Crippen LogP contribution in [-0.2, 0) is 4.79 Å². The molecule has 144 valence electrons. The summed E-state index contributed by atoms with van der Waals surface area (Å²) in [6.45, 7) is 1.41. The zero-order valence-electron chi connectivity index (χ0n) is 14.7. The number of furan rings is 1. The first kappa shape index (κ1) is 19.1. The smallest absolute Gasteiger partial charge is 0.305 e. The lowest BCUT2D eigenvalue weighted by Crippen LogP contribution is -2.47. The van der Waals surface area contributed by atoms with E-state index in [0.29, 0.717) is 11.3 Å². The second-order valence-electron chi connectivity index (χ2n) is 5.80. The van der Waals surface area contributed by atoms with Crippen LogP contribution in [0, 0.1) is 11.6 Å². The van der Waals surface area contributed by atoms with Gasteiger partial charge in [-0.25, -0.2) is 8.78 Å². The largest absolute Gasteiger partial charge is 0.478 e. The summed E-state index contributed by atoms with van der Waals surface area (Å²) in [5.41, 5.74) is 4.96. The van der Waals surface area contributed by atoms with Crippen LogP contribution in [0.2, 0.25) is 0 Å². The number of para-hydroxylation sites is 1. The molecule has 0 fully saturated rings. The molecule has 28 heavy (non-hydrogen) atoms. The third-order valence-corrected chi connectivity index (χ3v) is 3.77. The van der Waals surface area contributed by atoms with Crippen molar-refractivity contribution < 1.29 is 27.5 Å². The van der Waals surface area contributed by atoms with Crippen LogP contribution < -0.4 is 15.6 Å². The molecule has 1 heterocycles. The lowest BCUT2D eigenvalue weighted by Gasteiger charge is -2.15. The molecule has 0 aliphatic heterocycles. The number of hydrazine groups is 1. The van der Waals surface area contributed by atoms with E-state index in [4.69, 9.17) is 9.15 Å². The number of halogens is 2. The number of hydrogen-bond donors (Lipinski definition) is 2. The molecule has 0 saturated carbocycles. The van der Waals surface area contributed by atoms with Crippen molar-refractivity contribution in [2.45, 2.75) is 13.0 Å². The first-order valence-electron chi connectivity index (χ1n) is 8.31. The number of amides is 2. The molecule has 0 spiro atoms. The van der Waals surface area contributed by atoms with Gasteiger partial charge in [0.15, 0.2) is 23.4 Å². The number of carbonyl (C=O) groups is 2. The Morgan fingerprint density at radius 2 is 1.68 bits per heavy atom. The molecule has 8 heteroatoms. The molecule has 2 aromatic carbocycles. The standard InChI is InChI=1S/C20H16F2N2O4/c1-12(27-17-5-3-2-4-15(17)22)19(25)23-24-20(26)18-11-10-16(28-18)13-6-8-14(21)9-7-13/h2-12H,1H3,(H,23,25)(H,24,26)/t12-/m0/s1. The predicted octanol–water partition coefficient (Wildman–Crippen LogP) is 3.45. The quantitative estimate of drug-likeness (QED) is 0.658. The van der Waals surface area contributed by atoms with Crippen LogP contribution >= 0.6 is 0 Å². The van der Waals surface area contributed by atoms with Gasteiger partial charge in [0.25, 0.3) is 5.91 Å². The van der Waals surface area contributed by atoms with Crippen molar-refractivity contribution in [2.24, 2.45) is 0 Å². The molecule has 0 aliphatic rings. The topological polar surface area (TPSA) is 80.6 Å². The average Bonchev–Trinajstić information content (AvgIpc) is 3.18. The van der Waals surface area contributed by atoms with E-state index in [1.165, 1.54) is 55.5 Å². The van der Waals surface area contributed by atoms with Gasteiger partial charge in [-0.15, -0.1) is 0 Å². The molecule has 0 bridgehead atoms. The monoisotopic (exact) mass is 386 g/mol. The van der Waals surface area contributed by atoms with Crippen LogP contribution in [0.4, 0.5) is 8.78 Å². The molecule has 2 N–H and O–H groups in total. The van der Waals surface area contributed by atoms with Crippen molar-refractivity contribution in [1.82, 2.24) is 10.9 Å². The molecular formula is C20H16F2N2O4. The van der Waals surface area contributed by atoms with Gasteiger partial charge in [0.2, 0.25) is 0 Å². The van der Waals surface area contributed by atoms with Gasteiger partial charge in [-0.3, -0.25) is 20.4 Å². The number of hydrogen-bond acceptors (Lipinski definition) is 4. The SMILES string of the molecule is C[C@H](Oc1ccccc1F)C(=O)NNC(=O)c1ccc(-c2ccc(F)cc2)o1. The Labute approximate surface area is 159 Å². The summed E-state index contributed by atoms with van der Waals surface area (Å²) in [5, 5.41) is 0. The van der Waals surface area contributed by atoms with Crippen LogP contribution in [0.3, 0.4) is 0 Å².